The van der Waals surface area contributed by atoms with Crippen LogP contribution in [0, 0.1) is 0 Å². The van der Waals surface area contributed by atoms with E-state index in [1.165, 1.54) is 11.3 Å². The van der Waals surface area contributed by atoms with Crippen molar-refractivity contribution in [3.05, 3.63) is 59.1 Å². The minimum absolute atomic E-state index is 0.115. The lowest BCUT2D eigenvalue weighted by molar-refractivity contribution is -0.137. The van der Waals surface area contributed by atoms with Crippen molar-refractivity contribution in [1.82, 2.24) is 15.0 Å². The Morgan fingerprint density at radius 2 is 1.86 bits per heavy atom. The number of halogens is 3. The highest BCUT2D eigenvalue weighted by Crippen LogP contribution is 2.30. The van der Waals surface area contributed by atoms with E-state index in [4.69, 9.17) is 0 Å². The summed E-state index contributed by atoms with van der Waals surface area (Å²) in [5.41, 5.74) is -0.294. The Labute approximate surface area is 162 Å². The summed E-state index contributed by atoms with van der Waals surface area (Å²) < 4.78 is 65.4. The fraction of sp³-hybridized carbons (Fsp3) is 0.176. The smallest absolute Gasteiger partial charge is 0.348 e. The number of thiazole rings is 1. The zero-order chi connectivity index (χ0) is 20.4. The van der Waals surface area contributed by atoms with Gasteiger partial charge in [-0.15, -0.1) is 11.3 Å². The second-order valence-electron chi connectivity index (χ2n) is 5.70. The quantitative estimate of drug-likeness (QED) is 0.631. The summed E-state index contributed by atoms with van der Waals surface area (Å²) in [6.45, 7) is -0.493. The van der Waals surface area contributed by atoms with Gasteiger partial charge in [-0.05, 0) is 30.3 Å². The molecule has 1 heterocycles. The highest BCUT2D eigenvalue weighted by Gasteiger charge is 2.31. The number of hydrogen-bond donors (Lipinski definition) is 2. The maximum Gasteiger partial charge on any atom is 0.416 e. The van der Waals surface area contributed by atoms with Gasteiger partial charge >= 0.3 is 6.18 Å². The van der Waals surface area contributed by atoms with Crippen LogP contribution in [0.2, 0.25) is 0 Å². The third kappa shape index (κ3) is 4.86. The Balaban J connectivity index is 1.59. The Hall–Kier alpha value is -2.50. The van der Waals surface area contributed by atoms with E-state index < -0.39 is 39.1 Å². The second-order valence-corrected chi connectivity index (χ2v) is 8.58. The molecule has 2 aromatic carbocycles. The van der Waals surface area contributed by atoms with Crippen molar-refractivity contribution >= 4 is 37.5 Å². The standard InChI is InChI=1S/C17H14F3N3O3S2/c18-17(19,20)11-4-3-5-12(8-11)28(25,26)22-9-15(24)21-10-16-23-13-6-1-2-7-14(13)27-16/h1-8,22H,9-10H2,(H,21,24). The lowest BCUT2D eigenvalue weighted by Crippen LogP contribution is -2.36. The van der Waals surface area contributed by atoms with Gasteiger partial charge in [0.1, 0.15) is 5.01 Å². The molecule has 28 heavy (non-hydrogen) atoms. The lowest BCUT2D eigenvalue weighted by Gasteiger charge is -2.10. The molecule has 0 aliphatic rings. The number of carbonyl (C=O) groups excluding carboxylic acids is 1. The van der Waals surface area contributed by atoms with Gasteiger partial charge in [0, 0.05) is 0 Å². The van der Waals surface area contributed by atoms with Crippen LogP contribution in [0.3, 0.4) is 0 Å². The third-order valence-electron chi connectivity index (χ3n) is 3.67. The number of para-hydroxylation sites is 1. The molecule has 1 amide bonds. The van der Waals surface area contributed by atoms with Crippen LogP contribution in [-0.4, -0.2) is 25.9 Å². The molecule has 0 fully saturated rings. The van der Waals surface area contributed by atoms with Gasteiger partial charge in [0.15, 0.2) is 0 Å². The van der Waals surface area contributed by atoms with E-state index in [1.807, 2.05) is 29.0 Å². The molecule has 1 aromatic heterocycles. The molecule has 0 radical (unpaired) electrons. The molecular weight excluding hydrogens is 415 g/mol. The fourth-order valence-corrected chi connectivity index (χ4v) is 4.25. The first-order valence-electron chi connectivity index (χ1n) is 7.93. The van der Waals surface area contributed by atoms with Gasteiger partial charge in [-0.3, -0.25) is 4.79 Å². The van der Waals surface area contributed by atoms with Crippen LogP contribution in [0.4, 0.5) is 13.2 Å². The predicted molar refractivity (Wildman–Crippen MR) is 98.1 cm³/mol. The second kappa shape index (κ2) is 7.86. The van der Waals surface area contributed by atoms with Crippen LogP contribution in [0.5, 0.6) is 0 Å². The van der Waals surface area contributed by atoms with E-state index in [0.717, 1.165) is 28.4 Å². The van der Waals surface area contributed by atoms with Gasteiger partial charge in [0.2, 0.25) is 15.9 Å². The summed E-state index contributed by atoms with van der Waals surface area (Å²) in [4.78, 5) is 15.7. The molecular formula is C17H14F3N3O3S2. The van der Waals surface area contributed by atoms with Crippen molar-refractivity contribution in [3.63, 3.8) is 0 Å². The molecule has 0 saturated heterocycles. The molecule has 0 saturated carbocycles. The molecule has 0 spiro atoms. The van der Waals surface area contributed by atoms with Crippen LogP contribution in [-0.2, 0) is 27.5 Å². The van der Waals surface area contributed by atoms with Crippen molar-refractivity contribution < 1.29 is 26.4 Å². The molecule has 0 atom stereocenters. The molecule has 148 valence electrons. The van der Waals surface area contributed by atoms with Crippen molar-refractivity contribution in [2.75, 3.05) is 6.54 Å². The topological polar surface area (TPSA) is 88.2 Å². The van der Waals surface area contributed by atoms with Crippen molar-refractivity contribution in [1.29, 1.82) is 0 Å². The largest absolute Gasteiger partial charge is 0.416 e. The number of nitrogens with one attached hydrogen (secondary N) is 2. The number of nitrogens with zero attached hydrogens (tertiary/aromatic N) is 1. The summed E-state index contributed by atoms with van der Waals surface area (Å²) in [6, 6.07) is 10.7. The highest BCUT2D eigenvalue weighted by atomic mass is 32.2. The molecule has 0 bridgehead atoms. The first kappa shape index (κ1) is 20.2. The summed E-state index contributed by atoms with van der Waals surface area (Å²) in [5.74, 6) is -0.630. The van der Waals surface area contributed by atoms with Gasteiger partial charge in [0.05, 0.1) is 33.8 Å². The van der Waals surface area contributed by atoms with Crippen LogP contribution in [0.1, 0.15) is 10.6 Å². The first-order chi connectivity index (χ1) is 13.1. The number of rotatable bonds is 6. The van der Waals surface area contributed by atoms with Crippen molar-refractivity contribution in [3.8, 4) is 0 Å². The zero-order valence-electron chi connectivity index (χ0n) is 14.2. The normalized spacial score (nSPS) is 12.2. The van der Waals surface area contributed by atoms with E-state index >= 15 is 0 Å². The number of hydrogen-bond acceptors (Lipinski definition) is 5. The van der Waals surface area contributed by atoms with E-state index in [1.54, 1.807) is 0 Å². The van der Waals surface area contributed by atoms with Gasteiger partial charge < -0.3 is 5.32 Å². The van der Waals surface area contributed by atoms with Gasteiger partial charge in [0.25, 0.3) is 0 Å². The first-order valence-corrected chi connectivity index (χ1v) is 10.2. The van der Waals surface area contributed by atoms with E-state index in [2.05, 4.69) is 10.3 Å². The highest BCUT2D eigenvalue weighted by molar-refractivity contribution is 7.89. The summed E-state index contributed by atoms with van der Waals surface area (Å²) in [7, 11) is -4.27. The SMILES string of the molecule is O=C(CNS(=O)(=O)c1cccc(C(F)(F)F)c1)NCc1nc2ccccc2s1. The van der Waals surface area contributed by atoms with Crippen LogP contribution in [0.25, 0.3) is 10.2 Å². The molecule has 3 aromatic rings. The molecule has 0 unspecified atom stereocenters. The molecule has 11 heteroatoms. The number of amides is 1. The molecule has 6 nitrogen and oxygen atoms in total. The summed E-state index contributed by atoms with van der Waals surface area (Å²) >= 11 is 1.39. The predicted octanol–water partition coefficient (Wildman–Crippen LogP) is 2.91. The molecule has 0 aliphatic heterocycles. The average Bonchev–Trinajstić information content (AvgIpc) is 3.07. The Morgan fingerprint density at radius 3 is 2.57 bits per heavy atom. The van der Waals surface area contributed by atoms with Gasteiger partial charge in [-0.25, -0.2) is 18.1 Å². The fourth-order valence-electron chi connectivity index (χ4n) is 2.32. The number of alkyl halides is 3. The van der Waals surface area contributed by atoms with E-state index in [0.29, 0.717) is 11.1 Å². The molecule has 2 N–H and O–H groups in total. The van der Waals surface area contributed by atoms with Crippen LogP contribution < -0.4 is 10.0 Å². The average molecular weight is 429 g/mol. The Morgan fingerprint density at radius 1 is 1.11 bits per heavy atom. The third-order valence-corrected chi connectivity index (χ3v) is 6.10. The molecule has 0 aliphatic carbocycles. The Bertz CT molecular complexity index is 1080. The maximum atomic E-state index is 12.7. The number of benzene rings is 2. The zero-order valence-corrected chi connectivity index (χ0v) is 15.8. The maximum absolute atomic E-state index is 12.7. The minimum atomic E-state index is -4.67. The number of aromatic nitrogens is 1. The molecule has 3 rings (SSSR count). The van der Waals surface area contributed by atoms with Crippen molar-refractivity contribution in [2.45, 2.75) is 17.6 Å². The lowest BCUT2D eigenvalue weighted by atomic mass is 10.2. The van der Waals surface area contributed by atoms with Gasteiger partial charge in [-0.2, -0.15) is 13.2 Å². The van der Waals surface area contributed by atoms with E-state index in [9.17, 15) is 26.4 Å². The summed E-state index contributed by atoms with van der Waals surface area (Å²) in [6.07, 6.45) is -4.67. The van der Waals surface area contributed by atoms with Gasteiger partial charge in [-0.1, -0.05) is 18.2 Å². The number of fused-ring (bicyclic) bond motifs is 1. The van der Waals surface area contributed by atoms with E-state index in [-0.39, 0.29) is 6.54 Å². The van der Waals surface area contributed by atoms with Crippen LogP contribution in [0.15, 0.2) is 53.4 Å². The monoisotopic (exact) mass is 429 g/mol. The number of sulfonamides is 1. The number of carbonyl (C=O) groups is 1. The van der Waals surface area contributed by atoms with Crippen molar-refractivity contribution in [2.24, 2.45) is 0 Å². The Kier molecular flexibility index (Phi) is 5.68. The van der Waals surface area contributed by atoms with Crippen LogP contribution >= 0.6 is 11.3 Å². The summed E-state index contributed by atoms with van der Waals surface area (Å²) in [5, 5.41) is 3.17. The minimum Gasteiger partial charge on any atom is -0.348 e.